The van der Waals surface area contributed by atoms with Crippen molar-refractivity contribution in [3.8, 4) is 0 Å². The van der Waals surface area contributed by atoms with Gasteiger partial charge in [-0.05, 0) is 6.92 Å². The van der Waals surface area contributed by atoms with Gasteiger partial charge in [0.15, 0.2) is 13.1 Å². The van der Waals surface area contributed by atoms with E-state index in [4.69, 9.17) is 27.9 Å². The van der Waals surface area contributed by atoms with E-state index < -0.39 is 33.3 Å². The van der Waals surface area contributed by atoms with Crippen LogP contribution in [0.3, 0.4) is 0 Å². The van der Waals surface area contributed by atoms with Crippen molar-refractivity contribution in [3.63, 3.8) is 0 Å². The van der Waals surface area contributed by atoms with Crippen LogP contribution in [-0.4, -0.2) is 95.3 Å². The summed E-state index contributed by atoms with van der Waals surface area (Å²) in [6.45, 7) is 3.27. The average Bonchev–Trinajstić information content (AvgIpc) is 2.50. The van der Waals surface area contributed by atoms with E-state index in [9.17, 15) is 16.8 Å². The molecule has 11 nitrogen and oxygen atoms in total. The van der Waals surface area contributed by atoms with E-state index >= 15 is 0 Å². The molecule has 0 aromatic carbocycles. The van der Waals surface area contributed by atoms with Crippen LogP contribution in [0.15, 0.2) is 0 Å². The maximum atomic E-state index is 11.2. The minimum absolute atomic E-state index is 0.0281. The molecular formula is C13H28O11S2. The van der Waals surface area contributed by atoms with E-state index in [2.05, 4.69) is 4.18 Å². The summed E-state index contributed by atoms with van der Waals surface area (Å²) in [5, 5.41) is 0. The van der Waals surface area contributed by atoms with Gasteiger partial charge in [-0.1, -0.05) is 0 Å². The standard InChI is InChI=1S/C13H28O11S2/c1-4-18-5-6-19-7-8-20-11-13(24-26(3,16)17)22-10-9-21-12-23-25(2,14)15/h13H,4-12H2,1-3H3. The molecule has 13 heteroatoms. The molecule has 0 bridgehead atoms. The first-order valence-electron chi connectivity index (χ1n) is 7.79. The van der Waals surface area contributed by atoms with Gasteiger partial charge in [0.2, 0.25) is 0 Å². The minimum Gasteiger partial charge on any atom is -0.379 e. The molecule has 0 aliphatic rings. The lowest BCUT2D eigenvalue weighted by molar-refractivity contribution is -0.136. The van der Waals surface area contributed by atoms with Crippen molar-refractivity contribution in [2.45, 2.75) is 13.2 Å². The van der Waals surface area contributed by atoms with Crippen LogP contribution in [0.5, 0.6) is 0 Å². The van der Waals surface area contributed by atoms with Crippen LogP contribution in [0.25, 0.3) is 0 Å². The quantitative estimate of drug-likeness (QED) is 0.157. The Kier molecular flexibility index (Phi) is 14.4. The number of hydrogen-bond donors (Lipinski definition) is 0. The second-order valence-corrected chi connectivity index (χ2v) is 8.08. The second-order valence-electron chi connectivity index (χ2n) is 4.83. The molecule has 0 N–H and O–H groups in total. The van der Waals surface area contributed by atoms with Gasteiger partial charge in [-0.15, -0.1) is 0 Å². The third-order valence-corrected chi connectivity index (χ3v) is 3.45. The van der Waals surface area contributed by atoms with Crippen molar-refractivity contribution in [1.29, 1.82) is 0 Å². The van der Waals surface area contributed by atoms with E-state index in [1.165, 1.54) is 0 Å². The van der Waals surface area contributed by atoms with Gasteiger partial charge in [-0.3, -0.25) is 0 Å². The fourth-order valence-corrected chi connectivity index (χ4v) is 2.12. The SMILES string of the molecule is CCOCCOCCOCC(OCCOCOS(C)(=O)=O)OS(C)(=O)=O. The molecule has 1 unspecified atom stereocenters. The zero-order valence-electron chi connectivity index (χ0n) is 15.2. The summed E-state index contributed by atoms with van der Waals surface area (Å²) in [4.78, 5) is 0. The molecule has 0 amide bonds. The Morgan fingerprint density at radius 3 is 1.88 bits per heavy atom. The van der Waals surface area contributed by atoms with Crippen LogP contribution in [0.1, 0.15) is 6.92 Å². The molecule has 1 atom stereocenters. The topological polar surface area (TPSA) is 133 Å². The first-order valence-corrected chi connectivity index (χ1v) is 11.4. The maximum Gasteiger partial charge on any atom is 0.266 e. The van der Waals surface area contributed by atoms with Crippen LogP contribution >= 0.6 is 0 Å². The van der Waals surface area contributed by atoms with Gasteiger partial charge in [-0.2, -0.15) is 16.8 Å². The van der Waals surface area contributed by atoms with Crippen molar-refractivity contribution in [1.82, 2.24) is 0 Å². The highest BCUT2D eigenvalue weighted by Gasteiger charge is 2.16. The highest BCUT2D eigenvalue weighted by Crippen LogP contribution is 2.02. The van der Waals surface area contributed by atoms with Crippen molar-refractivity contribution < 1.29 is 48.9 Å². The smallest absolute Gasteiger partial charge is 0.266 e. The van der Waals surface area contributed by atoms with Crippen LogP contribution in [0.4, 0.5) is 0 Å². The lowest BCUT2D eigenvalue weighted by Crippen LogP contribution is -2.28. The van der Waals surface area contributed by atoms with E-state index in [0.29, 0.717) is 26.4 Å². The molecule has 0 aliphatic heterocycles. The summed E-state index contributed by atoms with van der Waals surface area (Å²) in [5.41, 5.74) is 0. The van der Waals surface area contributed by atoms with Crippen LogP contribution in [0, 0.1) is 0 Å². The molecule has 0 heterocycles. The van der Waals surface area contributed by atoms with E-state index in [1.54, 1.807) is 0 Å². The fourth-order valence-electron chi connectivity index (χ4n) is 1.38. The van der Waals surface area contributed by atoms with E-state index in [-0.39, 0.29) is 26.4 Å². The molecule has 0 saturated carbocycles. The molecular weight excluding hydrogens is 396 g/mol. The van der Waals surface area contributed by atoms with Crippen molar-refractivity contribution in [2.75, 3.05) is 72.2 Å². The highest BCUT2D eigenvalue weighted by atomic mass is 32.2. The van der Waals surface area contributed by atoms with Crippen LogP contribution < -0.4 is 0 Å². The minimum atomic E-state index is -3.75. The van der Waals surface area contributed by atoms with E-state index in [1.807, 2.05) is 6.92 Å². The monoisotopic (exact) mass is 424 g/mol. The molecule has 0 saturated heterocycles. The summed E-state index contributed by atoms with van der Waals surface area (Å²) < 4.78 is 78.6. The maximum absolute atomic E-state index is 11.2. The van der Waals surface area contributed by atoms with Gasteiger partial charge < -0.3 is 23.7 Å². The van der Waals surface area contributed by atoms with Gasteiger partial charge in [-0.25, -0.2) is 8.37 Å². The number of ether oxygens (including phenoxy) is 5. The molecule has 0 fully saturated rings. The van der Waals surface area contributed by atoms with Crippen molar-refractivity contribution in [2.24, 2.45) is 0 Å². The summed E-state index contributed by atoms with van der Waals surface area (Å²) in [7, 11) is -7.33. The van der Waals surface area contributed by atoms with E-state index in [0.717, 1.165) is 12.5 Å². The molecule has 26 heavy (non-hydrogen) atoms. The van der Waals surface area contributed by atoms with Gasteiger partial charge in [0.1, 0.15) is 0 Å². The Morgan fingerprint density at radius 2 is 1.31 bits per heavy atom. The largest absolute Gasteiger partial charge is 0.379 e. The zero-order chi connectivity index (χ0) is 19.9. The molecule has 0 radical (unpaired) electrons. The highest BCUT2D eigenvalue weighted by molar-refractivity contribution is 7.86. The summed E-state index contributed by atoms with van der Waals surface area (Å²) in [6, 6.07) is 0. The Bertz CT molecular complexity index is 532. The van der Waals surface area contributed by atoms with Crippen molar-refractivity contribution in [3.05, 3.63) is 0 Å². The predicted octanol–water partition coefficient (Wildman–Crippen LogP) is -0.675. The third-order valence-electron chi connectivity index (χ3n) is 2.36. The lowest BCUT2D eigenvalue weighted by Gasteiger charge is -2.17. The van der Waals surface area contributed by atoms with Gasteiger partial charge in [0.25, 0.3) is 20.2 Å². The van der Waals surface area contributed by atoms with Crippen LogP contribution in [0.2, 0.25) is 0 Å². The predicted molar refractivity (Wildman–Crippen MR) is 90.5 cm³/mol. The molecule has 158 valence electrons. The summed E-state index contributed by atoms with van der Waals surface area (Å²) >= 11 is 0. The Morgan fingerprint density at radius 1 is 0.731 bits per heavy atom. The summed E-state index contributed by atoms with van der Waals surface area (Å²) in [5.74, 6) is 0. The Labute approximate surface area is 155 Å². The molecule has 0 aromatic rings. The number of rotatable bonds is 18. The van der Waals surface area contributed by atoms with Gasteiger partial charge in [0, 0.05) is 6.61 Å². The normalized spacial score (nSPS) is 13.8. The first-order chi connectivity index (χ1) is 12.1. The lowest BCUT2D eigenvalue weighted by atomic mass is 10.6. The second kappa shape index (κ2) is 14.6. The Balaban J connectivity index is 3.91. The average molecular weight is 424 g/mol. The molecule has 0 spiro atoms. The fraction of sp³-hybridized carbons (Fsp3) is 1.00. The van der Waals surface area contributed by atoms with Gasteiger partial charge in [0.05, 0.1) is 58.8 Å². The molecule has 0 rings (SSSR count). The summed E-state index contributed by atoms with van der Waals surface area (Å²) in [6.07, 6.45) is 0.616. The third kappa shape index (κ3) is 19.9. The first kappa shape index (κ1) is 25.6. The molecule has 0 aliphatic carbocycles. The van der Waals surface area contributed by atoms with Crippen molar-refractivity contribution >= 4 is 20.2 Å². The molecule has 0 aromatic heterocycles. The number of hydrogen-bond acceptors (Lipinski definition) is 11. The van der Waals surface area contributed by atoms with Crippen LogP contribution in [-0.2, 0) is 52.3 Å². The Hall–Kier alpha value is -0.380. The van der Waals surface area contributed by atoms with Gasteiger partial charge >= 0.3 is 0 Å². The zero-order valence-corrected chi connectivity index (χ0v) is 16.9.